The van der Waals surface area contributed by atoms with E-state index in [1.807, 2.05) is 17.0 Å². The first-order valence-corrected chi connectivity index (χ1v) is 8.18. The molecule has 1 amide bonds. The van der Waals surface area contributed by atoms with Crippen molar-refractivity contribution in [1.29, 1.82) is 0 Å². The molecule has 0 aliphatic carbocycles. The largest absolute Gasteiger partial charge is 0.497 e. The van der Waals surface area contributed by atoms with Gasteiger partial charge < -0.3 is 15.0 Å². The van der Waals surface area contributed by atoms with E-state index in [1.165, 1.54) is 6.07 Å². The second-order valence-electron chi connectivity index (χ2n) is 5.86. The van der Waals surface area contributed by atoms with Crippen molar-refractivity contribution in [3.63, 3.8) is 0 Å². The SMILES string of the molecule is COc1ccc(NC(=O)CN2CCN(c3cccc(F)n3)CC2)cc1. The van der Waals surface area contributed by atoms with Crippen molar-refractivity contribution in [3.8, 4) is 5.75 Å². The molecule has 2 heterocycles. The Bertz CT molecular complexity index is 715. The summed E-state index contributed by atoms with van der Waals surface area (Å²) in [4.78, 5) is 20.2. The lowest BCUT2D eigenvalue weighted by Crippen LogP contribution is -2.49. The molecule has 1 aliphatic rings. The molecule has 3 rings (SSSR count). The number of nitrogens with one attached hydrogen (secondary N) is 1. The zero-order valence-electron chi connectivity index (χ0n) is 14.1. The fraction of sp³-hybridized carbons (Fsp3) is 0.333. The molecule has 1 aromatic carbocycles. The van der Waals surface area contributed by atoms with E-state index in [0.29, 0.717) is 25.5 Å². The van der Waals surface area contributed by atoms with Crippen LogP contribution in [-0.2, 0) is 4.79 Å². The van der Waals surface area contributed by atoms with Crippen LogP contribution in [0.5, 0.6) is 5.75 Å². The molecule has 6 nitrogen and oxygen atoms in total. The molecule has 0 bridgehead atoms. The molecule has 1 aromatic heterocycles. The quantitative estimate of drug-likeness (QED) is 0.841. The third kappa shape index (κ3) is 4.67. The molecule has 0 unspecified atom stereocenters. The highest BCUT2D eigenvalue weighted by molar-refractivity contribution is 5.92. The van der Waals surface area contributed by atoms with E-state index in [0.717, 1.165) is 24.5 Å². The Balaban J connectivity index is 1.47. The number of carbonyl (C=O) groups is 1. The summed E-state index contributed by atoms with van der Waals surface area (Å²) in [6.45, 7) is 3.22. The fourth-order valence-corrected chi connectivity index (χ4v) is 2.79. The number of methoxy groups -OCH3 is 1. The van der Waals surface area contributed by atoms with E-state index in [-0.39, 0.29) is 5.91 Å². The van der Waals surface area contributed by atoms with Gasteiger partial charge in [-0.2, -0.15) is 4.39 Å². The van der Waals surface area contributed by atoms with Gasteiger partial charge in [-0.25, -0.2) is 4.98 Å². The van der Waals surface area contributed by atoms with Crippen LogP contribution in [0.1, 0.15) is 0 Å². The lowest BCUT2D eigenvalue weighted by Gasteiger charge is -2.34. The van der Waals surface area contributed by atoms with E-state index in [9.17, 15) is 9.18 Å². The van der Waals surface area contributed by atoms with E-state index in [2.05, 4.69) is 15.2 Å². The number of halogens is 1. The maximum atomic E-state index is 13.2. The molecule has 0 radical (unpaired) electrons. The fourth-order valence-electron chi connectivity index (χ4n) is 2.79. The lowest BCUT2D eigenvalue weighted by atomic mass is 10.2. The Hall–Kier alpha value is -2.67. The Morgan fingerprint density at radius 3 is 2.52 bits per heavy atom. The first kappa shape index (κ1) is 17.2. The summed E-state index contributed by atoms with van der Waals surface area (Å²) in [5.41, 5.74) is 0.744. The number of nitrogens with zero attached hydrogens (tertiary/aromatic N) is 3. The van der Waals surface area contributed by atoms with Crippen LogP contribution in [0.4, 0.5) is 15.9 Å². The Labute approximate surface area is 146 Å². The molecule has 2 aromatic rings. The van der Waals surface area contributed by atoms with Crippen LogP contribution in [0.25, 0.3) is 0 Å². The molecule has 7 heteroatoms. The zero-order chi connectivity index (χ0) is 17.6. The van der Waals surface area contributed by atoms with Gasteiger partial charge in [0.1, 0.15) is 11.6 Å². The number of hydrogen-bond acceptors (Lipinski definition) is 5. The molecule has 0 saturated carbocycles. The summed E-state index contributed by atoms with van der Waals surface area (Å²) in [6.07, 6.45) is 0. The normalized spacial score (nSPS) is 15.0. The molecule has 1 fully saturated rings. The van der Waals surface area contributed by atoms with Crippen LogP contribution >= 0.6 is 0 Å². The smallest absolute Gasteiger partial charge is 0.238 e. The summed E-state index contributed by atoms with van der Waals surface area (Å²) in [7, 11) is 1.60. The molecule has 132 valence electrons. The van der Waals surface area contributed by atoms with Crippen molar-refractivity contribution in [2.75, 3.05) is 50.1 Å². The van der Waals surface area contributed by atoms with Crippen LogP contribution in [0.2, 0.25) is 0 Å². The first-order chi connectivity index (χ1) is 12.1. The summed E-state index contributed by atoms with van der Waals surface area (Å²) < 4.78 is 18.3. The van der Waals surface area contributed by atoms with Gasteiger partial charge in [-0.05, 0) is 36.4 Å². The average molecular weight is 344 g/mol. The minimum Gasteiger partial charge on any atom is -0.497 e. The van der Waals surface area contributed by atoms with Gasteiger partial charge in [0.2, 0.25) is 11.9 Å². The first-order valence-electron chi connectivity index (χ1n) is 8.18. The molecule has 1 aliphatic heterocycles. The van der Waals surface area contributed by atoms with Crippen LogP contribution in [0, 0.1) is 5.95 Å². The van der Waals surface area contributed by atoms with Gasteiger partial charge in [0.15, 0.2) is 0 Å². The Morgan fingerprint density at radius 2 is 1.88 bits per heavy atom. The third-order valence-corrected chi connectivity index (χ3v) is 4.14. The average Bonchev–Trinajstić information content (AvgIpc) is 2.63. The van der Waals surface area contributed by atoms with Gasteiger partial charge in [0.05, 0.1) is 13.7 Å². The minimum atomic E-state index is -0.473. The molecule has 25 heavy (non-hydrogen) atoms. The van der Waals surface area contributed by atoms with E-state index >= 15 is 0 Å². The highest BCUT2D eigenvalue weighted by Gasteiger charge is 2.20. The maximum Gasteiger partial charge on any atom is 0.238 e. The van der Waals surface area contributed by atoms with E-state index in [1.54, 1.807) is 31.4 Å². The Kier molecular flexibility index (Phi) is 5.45. The number of amides is 1. The zero-order valence-corrected chi connectivity index (χ0v) is 14.1. The predicted molar refractivity (Wildman–Crippen MR) is 94.5 cm³/mol. The van der Waals surface area contributed by atoms with Gasteiger partial charge in [0.25, 0.3) is 0 Å². The summed E-state index contributed by atoms with van der Waals surface area (Å²) in [6, 6.07) is 12.0. The highest BCUT2D eigenvalue weighted by Crippen LogP contribution is 2.16. The second kappa shape index (κ2) is 7.94. The molecule has 0 atom stereocenters. The van der Waals surface area contributed by atoms with Crippen molar-refractivity contribution in [1.82, 2.24) is 9.88 Å². The maximum absolute atomic E-state index is 13.2. The molecule has 1 saturated heterocycles. The summed E-state index contributed by atoms with van der Waals surface area (Å²) >= 11 is 0. The number of pyridine rings is 1. The minimum absolute atomic E-state index is 0.0532. The van der Waals surface area contributed by atoms with Crippen LogP contribution in [-0.4, -0.2) is 55.6 Å². The summed E-state index contributed by atoms with van der Waals surface area (Å²) in [5, 5.41) is 2.88. The number of carbonyl (C=O) groups excluding carboxylic acids is 1. The topological polar surface area (TPSA) is 57.7 Å². The molecular formula is C18H21FN4O2. The molecule has 1 N–H and O–H groups in total. The second-order valence-corrected chi connectivity index (χ2v) is 5.86. The molecular weight excluding hydrogens is 323 g/mol. The molecule has 0 spiro atoms. The number of aromatic nitrogens is 1. The predicted octanol–water partition coefficient (Wildman–Crippen LogP) is 1.99. The number of benzene rings is 1. The number of hydrogen-bond donors (Lipinski definition) is 1. The number of ether oxygens (including phenoxy) is 1. The van der Waals surface area contributed by atoms with E-state index < -0.39 is 5.95 Å². The lowest BCUT2D eigenvalue weighted by molar-refractivity contribution is -0.117. The van der Waals surface area contributed by atoms with Crippen molar-refractivity contribution in [3.05, 3.63) is 48.4 Å². The number of rotatable bonds is 5. The van der Waals surface area contributed by atoms with E-state index in [4.69, 9.17) is 4.74 Å². The van der Waals surface area contributed by atoms with Gasteiger partial charge >= 0.3 is 0 Å². The van der Waals surface area contributed by atoms with Crippen LogP contribution in [0.3, 0.4) is 0 Å². The van der Waals surface area contributed by atoms with Gasteiger partial charge in [-0.1, -0.05) is 6.07 Å². The van der Waals surface area contributed by atoms with Gasteiger partial charge in [-0.3, -0.25) is 9.69 Å². The number of anilines is 2. The summed E-state index contributed by atoms with van der Waals surface area (Å²) in [5.74, 6) is 0.865. The van der Waals surface area contributed by atoms with Crippen molar-refractivity contribution >= 4 is 17.4 Å². The third-order valence-electron chi connectivity index (χ3n) is 4.14. The van der Waals surface area contributed by atoms with Gasteiger partial charge in [-0.15, -0.1) is 0 Å². The van der Waals surface area contributed by atoms with Crippen LogP contribution < -0.4 is 15.0 Å². The number of piperazine rings is 1. The van der Waals surface area contributed by atoms with Crippen molar-refractivity contribution in [2.45, 2.75) is 0 Å². The monoisotopic (exact) mass is 344 g/mol. The standard InChI is InChI=1S/C18H21FN4O2/c1-25-15-7-5-14(6-8-15)20-18(24)13-22-9-11-23(12-10-22)17-4-2-3-16(19)21-17/h2-8H,9-13H2,1H3,(H,20,24). The Morgan fingerprint density at radius 1 is 1.16 bits per heavy atom. The van der Waals surface area contributed by atoms with Crippen molar-refractivity contribution < 1.29 is 13.9 Å². The van der Waals surface area contributed by atoms with Crippen molar-refractivity contribution in [2.24, 2.45) is 0 Å². The van der Waals surface area contributed by atoms with Crippen LogP contribution in [0.15, 0.2) is 42.5 Å². The highest BCUT2D eigenvalue weighted by atomic mass is 19.1. The van der Waals surface area contributed by atoms with Gasteiger partial charge in [0, 0.05) is 31.9 Å².